The second-order valence-corrected chi connectivity index (χ2v) is 7.39. The third-order valence-electron chi connectivity index (χ3n) is 4.36. The summed E-state index contributed by atoms with van der Waals surface area (Å²) >= 11 is 12.7. The highest BCUT2D eigenvalue weighted by molar-refractivity contribution is 6.37. The van der Waals surface area contributed by atoms with Crippen LogP contribution >= 0.6 is 23.2 Å². The van der Waals surface area contributed by atoms with E-state index < -0.39 is 5.97 Å². The Kier molecular flexibility index (Phi) is 11.9. The van der Waals surface area contributed by atoms with Crippen molar-refractivity contribution in [3.05, 3.63) is 63.8 Å². The van der Waals surface area contributed by atoms with Gasteiger partial charge < -0.3 is 28.4 Å². The summed E-state index contributed by atoms with van der Waals surface area (Å²) in [7, 11) is 2.77. The Labute approximate surface area is 204 Å². The van der Waals surface area contributed by atoms with Crippen molar-refractivity contribution in [2.75, 3.05) is 47.3 Å². The highest BCUT2D eigenvalue weighted by Crippen LogP contribution is 2.37. The SMILES string of the molecule is CCOCCOCCOc1c(Cl)cc(OCc2ccccc2C(=COC)C(=O)OC)cc1Cl. The fourth-order valence-electron chi connectivity index (χ4n) is 2.84. The highest BCUT2D eigenvalue weighted by atomic mass is 35.5. The van der Waals surface area contributed by atoms with E-state index in [0.29, 0.717) is 60.1 Å². The van der Waals surface area contributed by atoms with Gasteiger partial charge in [0.05, 0.1) is 50.3 Å². The van der Waals surface area contributed by atoms with Gasteiger partial charge in [0.2, 0.25) is 0 Å². The van der Waals surface area contributed by atoms with E-state index in [1.807, 2.05) is 25.1 Å². The monoisotopic (exact) mass is 498 g/mol. The van der Waals surface area contributed by atoms with Gasteiger partial charge in [-0.15, -0.1) is 0 Å². The number of esters is 1. The molecule has 0 aliphatic rings. The van der Waals surface area contributed by atoms with Gasteiger partial charge in [0.25, 0.3) is 0 Å². The Bertz CT molecular complexity index is 908. The van der Waals surface area contributed by atoms with Crippen LogP contribution in [0.25, 0.3) is 5.57 Å². The molecular formula is C24H28Cl2O7. The molecule has 0 atom stereocenters. The lowest BCUT2D eigenvalue weighted by molar-refractivity contribution is -0.133. The van der Waals surface area contributed by atoms with Crippen LogP contribution in [0.2, 0.25) is 10.0 Å². The predicted octanol–water partition coefficient (Wildman–Crippen LogP) is 5.16. The van der Waals surface area contributed by atoms with Crippen molar-refractivity contribution in [3.63, 3.8) is 0 Å². The van der Waals surface area contributed by atoms with Crippen LogP contribution in [0.1, 0.15) is 18.1 Å². The smallest absolute Gasteiger partial charge is 0.341 e. The minimum absolute atomic E-state index is 0.161. The molecule has 0 N–H and O–H groups in total. The molecule has 0 spiro atoms. The minimum atomic E-state index is -0.515. The number of ether oxygens (including phenoxy) is 6. The van der Waals surface area contributed by atoms with E-state index in [-0.39, 0.29) is 12.2 Å². The lowest BCUT2D eigenvalue weighted by Gasteiger charge is -2.15. The van der Waals surface area contributed by atoms with Gasteiger partial charge in [-0.3, -0.25) is 0 Å². The van der Waals surface area contributed by atoms with Gasteiger partial charge in [-0.1, -0.05) is 47.5 Å². The molecule has 7 nitrogen and oxygen atoms in total. The molecular weight excluding hydrogens is 471 g/mol. The number of carbonyl (C=O) groups is 1. The molecule has 0 saturated carbocycles. The van der Waals surface area contributed by atoms with Crippen molar-refractivity contribution in [3.8, 4) is 11.5 Å². The lowest BCUT2D eigenvalue weighted by atomic mass is 10.0. The van der Waals surface area contributed by atoms with Crippen LogP contribution in [-0.2, 0) is 30.3 Å². The maximum Gasteiger partial charge on any atom is 0.341 e. The summed E-state index contributed by atoms with van der Waals surface area (Å²) in [4.78, 5) is 12.2. The van der Waals surface area contributed by atoms with Gasteiger partial charge in [0.1, 0.15) is 24.5 Å². The Hall–Kier alpha value is -2.45. The van der Waals surface area contributed by atoms with Crippen LogP contribution in [0.15, 0.2) is 42.7 Å². The number of rotatable bonds is 14. The topological polar surface area (TPSA) is 72.5 Å². The van der Waals surface area contributed by atoms with E-state index in [1.165, 1.54) is 20.5 Å². The molecule has 2 rings (SSSR count). The van der Waals surface area contributed by atoms with Gasteiger partial charge in [-0.25, -0.2) is 4.79 Å². The number of hydrogen-bond acceptors (Lipinski definition) is 7. The molecule has 180 valence electrons. The third-order valence-corrected chi connectivity index (χ3v) is 4.93. The first-order valence-corrected chi connectivity index (χ1v) is 11.1. The highest BCUT2D eigenvalue weighted by Gasteiger charge is 2.17. The maximum atomic E-state index is 12.2. The minimum Gasteiger partial charge on any atom is -0.503 e. The first-order chi connectivity index (χ1) is 16.0. The molecule has 0 fully saturated rings. The first-order valence-electron chi connectivity index (χ1n) is 10.3. The largest absolute Gasteiger partial charge is 0.503 e. The summed E-state index contributed by atoms with van der Waals surface area (Å²) in [6.07, 6.45) is 1.34. The van der Waals surface area contributed by atoms with Crippen molar-refractivity contribution in [1.82, 2.24) is 0 Å². The molecule has 2 aromatic rings. The molecule has 0 heterocycles. The van der Waals surface area contributed by atoms with Crippen LogP contribution in [0, 0.1) is 0 Å². The Balaban J connectivity index is 2.03. The second-order valence-electron chi connectivity index (χ2n) is 6.58. The van der Waals surface area contributed by atoms with E-state index in [1.54, 1.807) is 18.2 Å². The number of benzene rings is 2. The first kappa shape index (κ1) is 26.8. The number of carbonyl (C=O) groups excluding carboxylic acids is 1. The summed E-state index contributed by atoms with van der Waals surface area (Å²) in [6.45, 7) is 4.45. The zero-order chi connectivity index (χ0) is 24.1. The molecule has 0 radical (unpaired) electrons. The normalized spacial score (nSPS) is 11.2. The molecule has 0 aliphatic heterocycles. The standard InChI is InChI=1S/C24H28Cl2O7/c1-4-30-9-10-31-11-12-32-23-21(25)13-18(14-22(23)26)33-15-17-7-5-6-8-19(17)20(16-28-2)24(27)29-3/h5-8,13-14,16H,4,9-12,15H2,1-3H3. The van der Waals surface area contributed by atoms with Crippen LogP contribution in [-0.4, -0.2) is 53.2 Å². The van der Waals surface area contributed by atoms with Crippen LogP contribution in [0.5, 0.6) is 11.5 Å². The van der Waals surface area contributed by atoms with Gasteiger partial charge in [0.15, 0.2) is 5.75 Å². The average Bonchev–Trinajstić information content (AvgIpc) is 2.82. The summed E-state index contributed by atoms with van der Waals surface area (Å²) in [5, 5.41) is 0.629. The van der Waals surface area contributed by atoms with Gasteiger partial charge in [0, 0.05) is 18.7 Å². The molecule has 0 saturated heterocycles. The fraction of sp³-hybridized carbons (Fsp3) is 0.375. The van der Waals surface area contributed by atoms with E-state index in [4.69, 9.17) is 51.6 Å². The van der Waals surface area contributed by atoms with Crippen molar-refractivity contribution in [2.45, 2.75) is 13.5 Å². The van der Waals surface area contributed by atoms with E-state index in [2.05, 4.69) is 0 Å². The van der Waals surface area contributed by atoms with Crippen LogP contribution < -0.4 is 9.47 Å². The summed E-state index contributed by atoms with van der Waals surface area (Å²) < 4.78 is 32.0. The van der Waals surface area contributed by atoms with Crippen LogP contribution in [0.4, 0.5) is 0 Å². The lowest BCUT2D eigenvalue weighted by Crippen LogP contribution is -2.11. The van der Waals surface area contributed by atoms with Gasteiger partial charge in [-0.2, -0.15) is 0 Å². The zero-order valence-electron chi connectivity index (χ0n) is 18.9. The molecule has 33 heavy (non-hydrogen) atoms. The van der Waals surface area contributed by atoms with Gasteiger partial charge in [-0.05, 0) is 18.1 Å². The van der Waals surface area contributed by atoms with E-state index in [9.17, 15) is 4.79 Å². The number of halogens is 2. The molecule has 2 aromatic carbocycles. The van der Waals surface area contributed by atoms with E-state index >= 15 is 0 Å². The molecule has 0 unspecified atom stereocenters. The van der Waals surface area contributed by atoms with Crippen LogP contribution in [0.3, 0.4) is 0 Å². The third kappa shape index (κ3) is 8.44. The molecule has 0 bridgehead atoms. The number of hydrogen-bond donors (Lipinski definition) is 0. The quantitative estimate of drug-likeness (QED) is 0.154. The summed E-state index contributed by atoms with van der Waals surface area (Å²) in [5.41, 5.74) is 1.66. The van der Waals surface area contributed by atoms with Crippen molar-refractivity contribution in [1.29, 1.82) is 0 Å². The fourth-order valence-corrected chi connectivity index (χ4v) is 3.42. The summed E-state index contributed by atoms with van der Waals surface area (Å²) in [5.74, 6) is 0.296. The Morgan fingerprint density at radius 2 is 1.61 bits per heavy atom. The zero-order valence-corrected chi connectivity index (χ0v) is 20.4. The predicted molar refractivity (Wildman–Crippen MR) is 127 cm³/mol. The molecule has 0 aliphatic carbocycles. The molecule has 9 heteroatoms. The average molecular weight is 499 g/mol. The molecule has 0 aromatic heterocycles. The van der Waals surface area contributed by atoms with Gasteiger partial charge >= 0.3 is 5.97 Å². The summed E-state index contributed by atoms with van der Waals surface area (Å²) in [6, 6.07) is 10.5. The second kappa shape index (κ2) is 14.6. The number of methoxy groups -OCH3 is 2. The van der Waals surface area contributed by atoms with Crippen molar-refractivity contribution >= 4 is 34.7 Å². The Morgan fingerprint density at radius 3 is 2.27 bits per heavy atom. The van der Waals surface area contributed by atoms with Crippen molar-refractivity contribution in [2.24, 2.45) is 0 Å². The maximum absolute atomic E-state index is 12.2. The molecule has 0 amide bonds. The van der Waals surface area contributed by atoms with Crippen molar-refractivity contribution < 1.29 is 33.2 Å². The Morgan fingerprint density at radius 1 is 0.939 bits per heavy atom. The van der Waals surface area contributed by atoms with E-state index in [0.717, 1.165) is 5.56 Å².